The van der Waals surface area contributed by atoms with Gasteiger partial charge < -0.3 is 14.6 Å². The van der Waals surface area contributed by atoms with Crippen LogP contribution >= 0.6 is 11.3 Å². The Bertz CT molecular complexity index is 1120. The first-order valence-corrected chi connectivity index (χ1v) is 9.81. The van der Waals surface area contributed by atoms with Crippen molar-refractivity contribution in [2.75, 3.05) is 11.9 Å². The van der Waals surface area contributed by atoms with Gasteiger partial charge in [-0.25, -0.2) is 0 Å². The van der Waals surface area contributed by atoms with Crippen LogP contribution in [0.5, 0.6) is 0 Å². The minimum Gasteiger partial charge on any atom is -0.395 e. The number of hydrogen-bond acceptors (Lipinski definition) is 6. The zero-order chi connectivity index (χ0) is 20.5. The molecule has 0 spiro atoms. The first kappa shape index (κ1) is 18.9. The summed E-state index contributed by atoms with van der Waals surface area (Å²) in [4.78, 5) is 38.6. The molecule has 2 amide bonds. The van der Waals surface area contributed by atoms with Crippen molar-refractivity contribution in [3.63, 3.8) is 0 Å². The molecule has 8 nitrogen and oxygen atoms in total. The minimum atomic E-state index is -0.709. The average Bonchev–Trinajstić information content (AvgIpc) is 3.38. The number of rotatable bonds is 4. The molecule has 9 heteroatoms. The van der Waals surface area contributed by atoms with E-state index in [9.17, 15) is 19.7 Å². The Labute approximate surface area is 169 Å². The molecule has 2 aromatic heterocycles. The van der Waals surface area contributed by atoms with Crippen molar-refractivity contribution in [2.45, 2.75) is 19.9 Å². The Morgan fingerprint density at radius 2 is 2.07 bits per heavy atom. The van der Waals surface area contributed by atoms with Gasteiger partial charge in [-0.3, -0.25) is 19.7 Å². The summed E-state index contributed by atoms with van der Waals surface area (Å²) in [5.41, 5.74) is 2.76. The number of carbonyl (C=O) groups is 2. The van der Waals surface area contributed by atoms with E-state index >= 15 is 0 Å². The largest absolute Gasteiger partial charge is 0.433 e. The Morgan fingerprint density at radius 3 is 2.83 bits per heavy atom. The molecular formula is C20H17N3O5S. The second kappa shape index (κ2) is 7.51. The lowest BCUT2D eigenvalue weighted by Gasteiger charge is -2.28. The number of fused-ring (bicyclic) bond motifs is 1. The molecule has 1 N–H and O–H groups in total. The van der Waals surface area contributed by atoms with Gasteiger partial charge in [0.25, 0.3) is 11.8 Å². The van der Waals surface area contributed by atoms with Gasteiger partial charge in [0.15, 0.2) is 5.76 Å². The van der Waals surface area contributed by atoms with Gasteiger partial charge in [0.2, 0.25) is 0 Å². The lowest BCUT2D eigenvalue weighted by molar-refractivity contribution is -0.402. The Kier molecular flexibility index (Phi) is 4.89. The Hall–Kier alpha value is -3.46. The number of anilines is 1. The Balaban J connectivity index is 1.53. The molecule has 1 aliphatic heterocycles. The van der Waals surface area contributed by atoms with Crippen LogP contribution in [0.15, 0.2) is 46.2 Å². The molecule has 1 aliphatic rings. The summed E-state index contributed by atoms with van der Waals surface area (Å²) in [6.45, 7) is 2.98. The van der Waals surface area contributed by atoms with Crippen LogP contribution in [0.1, 0.15) is 36.9 Å². The highest BCUT2D eigenvalue weighted by molar-refractivity contribution is 7.10. The molecular weight excluding hydrogens is 394 g/mol. The fraction of sp³-hybridized carbons (Fsp3) is 0.200. The van der Waals surface area contributed by atoms with E-state index in [-0.39, 0.29) is 11.7 Å². The van der Waals surface area contributed by atoms with Gasteiger partial charge in [0.05, 0.1) is 6.07 Å². The molecule has 3 heterocycles. The first-order valence-electron chi connectivity index (χ1n) is 8.93. The topological polar surface area (TPSA) is 106 Å². The molecule has 0 radical (unpaired) electrons. The van der Waals surface area contributed by atoms with E-state index in [0.29, 0.717) is 29.9 Å². The highest BCUT2D eigenvalue weighted by Gasteiger charge is 2.25. The van der Waals surface area contributed by atoms with Crippen LogP contribution in [0.25, 0.3) is 0 Å². The molecule has 3 aromatic rings. The van der Waals surface area contributed by atoms with Crippen LogP contribution in [0, 0.1) is 17.0 Å². The molecule has 29 heavy (non-hydrogen) atoms. The third-order valence-electron chi connectivity index (χ3n) is 4.90. The molecule has 0 aliphatic carbocycles. The van der Waals surface area contributed by atoms with Gasteiger partial charge in [-0.15, -0.1) is 11.3 Å². The molecule has 1 aromatic carbocycles. The molecule has 0 saturated heterocycles. The molecule has 148 valence electrons. The third kappa shape index (κ3) is 3.64. The zero-order valence-electron chi connectivity index (χ0n) is 15.5. The number of carbonyl (C=O) groups excluding carboxylic acids is 2. The van der Waals surface area contributed by atoms with Crippen molar-refractivity contribution in [3.05, 3.63) is 79.2 Å². The van der Waals surface area contributed by atoms with Crippen molar-refractivity contribution < 1.29 is 18.9 Å². The van der Waals surface area contributed by atoms with Gasteiger partial charge in [-0.2, -0.15) is 0 Å². The van der Waals surface area contributed by atoms with Gasteiger partial charge in [-0.1, -0.05) is 6.07 Å². The van der Waals surface area contributed by atoms with E-state index in [1.807, 2.05) is 11.4 Å². The highest BCUT2D eigenvalue weighted by atomic mass is 32.1. The maximum absolute atomic E-state index is 13.1. The predicted octanol–water partition coefficient (Wildman–Crippen LogP) is 4.01. The molecule has 0 saturated carbocycles. The minimum absolute atomic E-state index is 0.0934. The highest BCUT2D eigenvalue weighted by Crippen LogP contribution is 2.27. The number of furan rings is 1. The van der Waals surface area contributed by atoms with Crippen molar-refractivity contribution in [3.8, 4) is 0 Å². The van der Waals surface area contributed by atoms with Crippen LogP contribution in [-0.4, -0.2) is 28.2 Å². The van der Waals surface area contributed by atoms with Crippen molar-refractivity contribution in [1.82, 2.24) is 4.90 Å². The summed E-state index contributed by atoms with van der Waals surface area (Å²) in [6, 6.07) is 9.51. The lowest BCUT2D eigenvalue weighted by atomic mass is 10.0. The Morgan fingerprint density at radius 1 is 1.24 bits per heavy atom. The number of nitro groups is 1. The van der Waals surface area contributed by atoms with Gasteiger partial charge in [0, 0.05) is 29.2 Å². The summed E-state index contributed by atoms with van der Waals surface area (Å²) in [6.07, 6.45) is 0.839. The number of amides is 2. The van der Waals surface area contributed by atoms with E-state index in [0.717, 1.165) is 12.5 Å². The van der Waals surface area contributed by atoms with E-state index in [4.69, 9.17) is 4.42 Å². The zero-order valence-corrected chi connectivity index (χ0v) is 16.3. The van der Waals surface area contributed by atoms with Gasteiger partial charge >= 0.3 is 5.88 Å². The third-order valence-corrected chi connectivity index (χ3v) is 5.93. The van der Waals surface area contributed by atoms with Crippen LogP contribution in [-0.2, 0) is 13.0 Å². The van der Waals surface area contributed by atoms with E-state index < -0.39 is 16.7 Å². The molecule has 0 fully saturated rings. The fourth-order valence-corrected chi connectivity index (χ4v) is 4.22. The summed E-state index contributed by atoms with van der Waals surface area (Å²) in [5, 5.41) is 15.4. The second-order valence-electron chi connectivity index (χ2n) is 6.67. The van der Waals surface area contributed by atoms with E-state index in [1.54, 1.807) is 41.4 Å². The molecule has 0 bridgehead atoms. The monoisotopic (exact) mass is 411 g/mol. The van der Waals surface area contributed by atoms with Crippen LogP contribution in [0.4, 0.5) is 11.6 Å². The summed E-state index contributed by atoms with van der Waals surface area (Å²) in [5.74, 6) is -1.39. The standard InChI is InChI=1S/C20H17N3O5S/c1-12-14(20(25)22-9-7-17-13(11-22)8-10-29-17)3-2-4-15(12)21-19(24)16-5-6-18(28-16)23(26)27/h2-6,8,10H,7,9,11H2,1H3,(H,21,24). The van der Waals surface area contributed by atoms with Crippen LogP contribution in [0.3, 0.4) is 0 Å². The lowest BCUT2D eigenvalue weighted by Crippen LogP contribution is -2.35. The maximum atomic E-state index is 13.1. The molecule has 0 unspecified atom stereocenters. The summed E-state index contributed by atoms with van der Waals surface area (Å²) in [7, 11) is 0. The van der Waals surface area contributed by atoms with Crippen molar-refractivity contribution >= 4 is 34.7 Å². The van der Waals surface area contributed by atoms with Crippen molar-refractivity contribution in [1.29, 1.82) is 0 Å². The summed E-state index contributed by atoms with van der Waals surface area (Å²) < 4.78 is 4.93. The van der Waals surface area contributed by atoms with E-state index in [2.05, 4.69) is 5.32 Å². The number of hydrogen-bond donors (Lipinski definition) is 1. The van der Waals surface area contributed by atoms with E-state index in [1.165, 1.54) is 16.5 Å². The predicted molar refractivity (Wildman–Crippen MR) is 107 cm³/mol. The molecule has 0 atom stereocenters. The van der Waals surface area contributed by atoms with Gasteiger partial charge in [0.1, 0.15) is 4.92 Å². The number of benzene rings is 1. The number of thiophene rings is 1. The first-order chi connectivity index (χ1) is 13.9. The normalized spacial score (nSPS) is 13.1. The second-order valence-corrected chi connectivity index (χ2v) is 7.67. The molecule has 4 rings (SSSR count). The SMILES string of the molecule is Cc1c(NC(=O)c2ccc([N+](=O)[O-])o2)cccc1C(=O)N1CCc2sccc2C1. The average molecular weight is 411 g/mol. The van der Waals surface area contributed by atoms with Gasteiger partial charge in [-0.05, 0) is 54.1 Å². The fourth-order valence-electron chi connectivity index (χ4n) is 3.33. The van der Waals surface area contributed by atoms with Crippen molar-refractivity contribution in [2.24, 2.45) is 0 Å². The van der Waals surface area contributed by atoms with Crippen LogP contribution < -0.4 is 5.32 Å². The smallest absolute Gasteiger partial charge is 0.395 e. The quantitative estimate of drug-likeness (QED) is 0.516. The maximum Gasteiger partial charge on any atom is 0.433 e. The summed E-state index contributed by atoms with van der Waals surface area (Å²) >= 11 is 1.71. The van der Waals surface area contributed by atoms with Crippen LogP contribution in [0.2, 0.25) is 0 Å². The number of nitrogens with one attached hydrogen (secondary N) is 1. The number of nitrogens with zero attached hydrogens (tertiary/aromatic N) is 2.